The average Bonchev–Trinajstić information content (AvgIpc) is 3.66. The number of carbonyl (C=O) groups is 2. The van der Waals surface area contributed by atoms with Crippen LogP contribution < -0.4 is 35.4 Å². The number of likely N-dealkylation sites (tertiary alicyclic amines) is 1. The summed E-state index contributed by atoms with van der Waals surface area (Å²) in [5.74, 6) is 1.44. The molecule has 3 aromatic heterocycles. The minimum atomic E-state index is -1.02. The third kappa shape index (κ3) is 7.29. The smallest absolute Gasteiger partial charge is 0.328 e. The van der Waals surface area contributed by atoms with Gasteiger partial charge in [0.25, 0.3) is 0 Å². The Morgan fingerprint density at radius 1 is 0.964 bits per heavy atom. The number of hydrogen-bond acceptors (Lipinski definition) is 12. The van der Waals surface area contributed by atoms with Crippen LogP contribution in [0.1, 0.15) is 54.1 Å². The lowest BCUT2D eigenvalue weighted by atomic mass is 9.94. The second-order valence-electron chi connectivity index (χ2n) is 15.7. The van der Waals surface area contributed by atoms with Crippen molar-refractivity contribution in [1.29, 1.82) is 0 Å². The zero-order chi connectivity index (χ0) is 38.3. The number of hydrogen-bond donors (Lipinski definition) is 3. The molecule has 3 amide bonds. The van der Waals surface area contributed by atoms with E-state index in [2.05, 4.69) is 64.8 Å². The zero-order valence-electron chi connectivity index (χ0n) is 32.0. The summed E-state index contributed by atoms with van der Waals surface area (Å²) in [6, 6.07) is 5.50. The van der Waals surface area contributed by atoms with Crippen molar-refractivity contribution in [2.24, 2.45) is 5.92 Å². The van der Waals surface area contributed by atoms with Crippen LogP contribution in [0.2, 0.25) is 0 Å². The normalized spacial score (nSPS) is 21.9. The molecule has 2 atom stereocenters. The van der Waals surface area contributed by atoms with Gasteiger partial charge in [-0.25, -0.2) is 24.1 Å². The second kappa shape index (κ2) is 15.2. The first-order valence-electron chi connectivity index (χ1n) is 19.9. The number of urea groups is 1. The molecule has 15 nitrogen and oxygen atoms in total. The van der Waals surface area contributed by atoms with Gasteiger partial charge in [-0.2, -0.15) is 5.10 Å². The molecule has 56 heavy (non-hydrogen) atoms. The number of ether oxygens (including phenoxy) is 1. The lowest BCUT2D eigenvalue weighted by Gasteiger charge is -2.39. The Labute approximate surface area is 325 Å². The van der Waals surface area contributed by atoms with Gasteiger partial charge in [-0.3, -0.25) is 19.7 Å². The number of nitrogens with zero attached hydrogens (tertiary/aromatic N) is 9. The van der Waals surface area contributed by atoms with E-state index in [0.717, 1.165) is 109 Å². The highest BCUT2D eigenvalue weighted by molar-refractivity contribution is 6.06. The molecule has 0 spiro atoms. The topological polar surface area (TPSA) is 149 Å². The molecular weight excluding hydrogens is 716 g/mol. The molecule has 3 saturated heterocycles. The highest BCUT2D eigenvalue weighted by Gasteiger charge is 2.33. The molecule has 0 bridgehead atoms. The van der Waals surface area contributed by atoms with Gasteiger partial charge in [-0.15, -0.1) is 0 Å². The van der Waals surface area contributed by atoms with E-state index >= 15 is 4.39 Å². The lowest BCUT2D eigenvalue weighted by molar-refractivity contribution is -0.120. The minimum absolute atomic E-state index is 0.231. The largest absolute Gasteiger partial charge is 0.474 e. The predicted molar refractivity (Wildman–Crippen MR) is 212 cm³/mol. The fourth-order valence-electron chi connectivity index (χ4n) is 8.90. The van der Waals surface area contributed by atoms with E-state index in [1.54, 1.807) is 15.8 Å². The highest BCUT2D eigenvalue weighted by Crippen LogP contribution is 2.37. The molecule has 0 unspecified atom stereocenters. The fraction of sp³-hybridized carbons (Fsp3) is 0.500. The molecule has 8 heterocycles. The Morgan fingerprint density at radius 2 is 1.84 bits per heavy atom. The number of halogens is 1. The minimum Gasteiger partial charge on any atom is -0.474 e. The Morgan fingerprint density at radius 3 is 2.66 bits per heavy atom. The number of benzene rings is 1. The standard InChI is InChI=1S/C40H49FN12O3/c1-25-17-30(3-4-33(25)52-15-9-36(54)48-40(52)55)50-12-5-27(6-13-50)21-49-11-8-34(31(41)23-49)53-22-29(19-45-53)46-39-44-18-28-7-14-51(24-32(28)47-39)35-20-43-38-37(26(35)2)42-10-16-56-38/h3-4,17-20,22,27,31,34,42H,5-16,21,23-24H2,1-2H3,(H,44,46,47)(H,48,54,55)/t31-,34+/m0/s1. The number of carbonyl (C=O) groups excluding carboxylic acids is 2. The van der Waals surface area contributed by atoms with Crippen molar-refractivity contribution in [2.75, 3.05) is 84.3 Å². The van der Waals surface area contributed by atoms with Crippen LogP contribution in [0.5, 0.6) is 5.88 Å². The first-order chi connectivity index (χ1) is 27.3. The first-order valence-corrected chi connectivity index (χ1v) is 19.9. The third-order valence-electron chi connectivity index (χ3n) is 12.0. The van der Waals surface area contributed by atoms with Crippen molar-refractivity contribution >= 4 is 46.3 Å². The third-order valence-corrected chi connectivity index (χ3v) is 12.0. The Kier molecular flexibility index (Phi) is 9.81. The molecule has 1 aromatic carbocycles. The number of fused-ring (bicyclic) bond motifs is 2. The monoisotopic (exact) mass is 764 g/mol. The van der Waals surface area contributed by atoms with E-state index in [1.807, 2.05) is 31.6 Å². The summed E-state index contributed by atoms with van der Waals surface area (Å²) in [6.07, 6.45) is 10.3. The van der Waals surface area contributed by atoms with Gasteiger partial charge in [0.15, 0.2) is 0 Å². The van der Waals surface area contributed by atoms with Crippen molar-refractivity contribution in [3.8, 4) is 5.88 Å². The van der Waals surface area contributed by atoms with Crippen molar-refractivity contribution < 1.29 is 18.7 Å². The average molecular weight is 765 g/mol. The number of imide groups is 1. The first kappa shape index (κ1) is 36.1. The van der Waals surface area contributed by atoms with Crippen LogP contribution in [0.3, 0.4) is 0 Å². The molecule has 9 rings (SSSR count). The number of rotatable bonds is 8. The SMILES string of the molecule is Cc1cc(N2CCC(CN3CC[C@@H](n4cc(Nc5ncc6c(n5)CN(c5cnc7c(c5C)NCCO7)CC6)cn4)[C@@H](F)C3)CC2)ccc1N1CCC(=O)NC1=O. The molecule has 0 saturated carbocycles. The van der Waals surface area contributed by atoms with Gasteiger partial charge in [-0.1, -0.05) is 0 Å². The Bertz CT molecular complexity index is 2120. The fourth-order valence-corrected chi connectivity index (χ4v) is 8.90. The quantitative estimate of drug-likeness (QED) is 0.228. The van der Waals surface area contributed by atoms with E-state index in [9.17, 15) is 9.59 Å². The number of alkyl halides is 1. The van der Waals surface area contributed by atoms with Crippen molar-refractivity contribution in [3.05, 3.63) is 65.4 Å². The van der Waals surface area contributed by atoms with Crippen molar-refractivity contribution in [2.45, 2.75) is 64.7 Å². The lowest BCUT2D eigenvalue weighted by Crippen LogP contribution is -2.49. The number of anilines is 6. The van der Waals surface area contributed by atoms with Gasteiger partial charge in [0.2, 0.25) is 17.7 Å². The summed E-state index contributed by atoms with van der Waals surface area (Å²) in [5.41, 5.74) is 8.98. The van der Waals surface area contributed by atoms with Crippen LogP contribution in [0, 0.1) is 19.8 Å². The maximum Gasteiger partial charge on any atom is 0.328 e. The summed E-state index contributed by atoms with van der Waals surface area (Å²) in [5, 5.41) is 13.7. The van der Waals surface area contributed by atoms with Gasteiger partial charge >= 0.3 is 6.03 Å². The number of nitrogens with one attached hydrogen (secondary N) is 3. The second-order valence-corrected chi connectivity index (χ2v) is 15.7. The number of piperidine rings is 2. The molecule has 3 fully saturated rings. The van der Waals surface area contributed by atoms with Gasteiger partial charge in [0.1, 0.15) is 18.5 Å². The number of amides is 3. The van der Waals surface area contributed by atoms with Crippen LogP contribution in [0.15, 0.2) is 43.0 Å². The van der Waals surface area contributed by atoms with Crippen LogP contribution in [0.4, 0.5) is 43.6 Å². The van der Waals surface area contributed by atoms with E-state index in [1.165, 1.54) is 0 Å². The predicted octanol–water partition coefficient (Wildman–Crippen LogP) is 4.74. The van der Waals surface area contributed by atoms with Crippen LogP contribution >= 0.6 is 0 Å². The number of pyridine rings is 1. The van der Waals surface area contributed by atoms with E-state index in [4.69, 9.17) is 9.72 Å². The van der Waals surface area contributed by atoms with Gasteiger partial charge in [0.05, 0.1) is 42.0 Å². The van der Waals surface area contributed by atoms with E-state index in [0.29, 0.717) is 56.8 Å². The number of aryl methyl sites for hydroxylation is 1. The molecule has 0 aliphatic carbocycles. The molecule has 5 aliphatic rings. The molecule has 4 aromatic rings. The summed E-state index contributed by atoms with van der Waals surface area (Å²) < 4.78 is 23.3. The molecule has 294 valence electrons. The van der Waals surface area contributed by atoms with Crippen molar-refractivity contribution in [1.82, 2.24) is 34.9 Å². The highest BCUT2D eigenvalue weighted by atomic mass is 19.1. The Balaban J connectivity index is 0.758. The van der Waals surface area contributed by atoms with E-state index < -0.39 is 6.17 Å². The molecule has 3 N–H and O–H groups in total. The van der Waals surface area contributed by atoms with Crippen molar-refractivity contribution in [3.63, 3.8) is 0 Å². The van der Waals surface area contributed by atoms with Crippen LogP contribution in [-0.2, 0) is 17.8 Å². The number of aromatic nitrogens is 5. The van der Waals surface area contributed by atoms with E-state index in [-0.39, 0.29) is 18.0 Å². The van der Waals surface area contributed by atoms with Gasteiger partial charge < -0.3 is 30.1 Å². The molecule has 5 aliphatic heterocycles. The molecule has 0 radical (unpaired) electrons. The summed E-state index contributed by atoms with van der Waals surface area (Å²) in [6.45, 7) is 11.4. The van der Waals surface area contributed by atoms with Gasteiger partial charge in [-0.05, 0) is 74.8 Å². The summed E-state index contributed by atoms with van der Waals surface area (Å²) >= 11 is 0. The Hall–Kier alpha value is -5.51. The van der Waals surface area contributed by atoms with Gasteiger partial charge in [0, 0.05) is 88.1 Å². The summed E-state index contributed by atoms with van der Waals surface area (Å²) in [7, 11) is 0. The van der Waals surface area contributed by atoms with Crippen LogP contribution in [-0.4, -0.2) is 107 Å². The zero-order valence-corrected chi connectivity index (χ0v) is 32.0. The maximum atomic E-state index is 15.8. The molecule has 16 heteroatoms. The maximum absolute atomic E-state index is 15.8. The van der Waals surface area contributed by atoms with Crippen LogP contribution in [0.25, 0.3) is 0 Å². The summed E-state index contributed by atoms with van der Waals surface area (Å²) in [4.78, 5) is 46.6. The molecular formula is C40H49FN12O3.